The molecular weight excluding hydrogens is 343 g/mol. The van der Waals surface area contributed by atoms with Crippen LogP contribution in [0.4, 0.5) is 5.69 Å². The van der Waals surface area contributed by atoms with Crippen molar-refractivity contribution in [1.29, 1.82) is 0 Å². The molecule has 0 saturated heterocycles. The Morgan fingerprint density at radius 3 is 2.52 bits per heavy atom. The second-order valence-electron chi connectivity index (χ2n) is 4.07. The van der Waals surface area contributed by atoms with Crippen LogP contribution in [0.5, 0.6) is 0 Å². The minimum atomic E-state index is -0.664. The van der Waals surface area contributed by atoms with E-state index < -0.39 is 10.4 Å². The summed E-state index contributed by atoms with van der Waals surface area (Å²) in [7, 11) is 0. The van der Waals surface area contributed by atoms with Crippen molar-refractivity contribution in [3.63, 3.8) is 0 Å². The zero-order valence-electron chi connectivity index (χ0n) is 9.89. The second kappa shape index (κ2) is 4.84. The van der Waals surface area contributed by atoms with Crippen molar-refractivity contribution in [1.82, 2.24) is 4.98 Å². The lowest BCUT2D eigenvalue weighted by atomic mass is 10.2. The number of nitro benzene ring substituents is 1. The van der Waals surface area contributed by atoms with Crippen molar-refractivity contribution in [3.05, 3.63) is 53.6 Å². The Bertz CT molecular complexity index is 938. The highest BCUT2D eigenvalue weighted by molar-refractivity contribution is 6.45. The lowest BCUT2D eigenvalue weighted by molar-refractivity contribution is -0.384. The molecular formula is C12H3Cl3N2O4. The molecule has 0 saturated carbocycles. The van der Waals surface area contributed by atoms with Crippen LogP contribution in [-0.4, -0.2) is 9.91 Å². The Morgan fingerprint density at radius 1 is 1.14 bits per heavy atom. The molecule has 0 N–H and O–H groups in total. The van der Waals surface area contributed by atoms with E-state index in [0.29, 0.717) is 0 Å². The van der Waals surface area contributed by atoms with Gasteiger partial charge in [-0.05, 0) is 6.07 Å². The highest BCUT2D eigenvalue weighted by atomic mass is 35.5. The zero-order chi connectivity index (χ0) is 15.3. The first-order valence-corrected chi connectivity index (χ1v) is 6.59. The third kappa shape index (κ3) is 2.12. The Kier molecular flexibility index (Phi) is 3.24. The van der Waals surface area contributed by atoms with E-state index in [1.165, 1.54) is 18.2 Å². The van der Waals surface area contributed by atoms with Crippen molar-refractivity contribution in [2.45, 2.75) is 0 Å². The molecule has 0 fully saturated rings. The van der Waals surface area contributed by atoms with Crippen LogP contribution in [0.2, 0.25) is 15.1 Å². The molecule has 0 atom stereocenters. The quantitative estimate of drug-likeness (QED) is 0.286. The van der Waals surface area contributed by atoms with Gasteiger partial charge in [0.15, 0.2) is 11.3 Å². The van der Waals surface area contributed by atoms with Gasteiger partial charge in [0.1, 0.15) is 21.3 Å². The number of fused-ring (bicyclic) bond motifs is 2. The number of rotatable bonds is 1. The maximum absolute atomic E-state index is 11.8. The molecule has 6 nitrogen and oxygen atoms in total. The summed E-state index contributed by atoms with van der Waals surface area (Å²) in [6, 6.07) is 3.84. The molecule has 1 heterocycles. The van der Waals surface area contributed by atoms with E-state index in [-0.39, 0.29) is 43.3 Å². The van der Waals surface area contributed by atoms with Gasteiger partial charge in [-0.15, -0.1) is 0 Å². The summed E-state index contributed by atoms with van der Waals surface area (Å²) in [6.45, 7) is 0. The minimum Gasteiger partial charge on any atom is -0.451 e. The molecule has 0 unspecified atom stereocenters. The topological polar surface area (TPSA) is 86.2 Å². The highest BCUT2D eigenvalue weighted by Gasteiger charge is 2.24. The Hall–Kier alpha value is -1.89. The molecule has 1 aliphatic carbocycles. The van der Waals surface area contributed by atoms with Gasteiger partial charge in [-0.25, -0.2) is 4.98 Å². The SMILES string of the molecule is O=c1c(Cl)c2oc3ccc([N+](=O)[O-])cc3nc-2c(Cl)c1Cl. The molecule has 2 aliphatic rings. The van der Waals surface area contributed by atoms with Gasteiger partial charge in [-0.3, -0.25) is 14.9 Å². The van der Waals surface area contributed by atoms with E-state index in [1.54, 1.807) is 0 Å². The second-order valence-corrected chi connectivity index (χ2v) is 5.21. The predicted octanol–water partition coefficient (Wildman–Crippen LogP) is 4.16. The van der Waals surface area contributed by atoms with Gasteiger partial charge >= 0.3 is 0 Å². The van der Waals surface area contributed by atoms with Crippen LogP contribution >= 0.6 is 34.8 Å². The summed E-state index contributed by atoms with van der Waals surface area (Å²) in [6.07, 6.45) is 0. The molecule has 1 aliphatic heterocycles. The fourth-order valence-corrected chi connectivity index (χ4v) is 2.49. The molecule has 1 aromatic carbocycles. The van der Waals surface area contributed by atoms with Crippen molar-refractivity contribution in [3.8, 4) is 11.5 Å². The largest absolute Gasteiger partial charge is 0.451 e. The summed E-state index contributed by atoms with van der Waals surface area (Å²) < 4.78 is 5.47. The average Bonchev–Trinajstić information content (AvgIpc) is 2.48. The van der Waals surface area contributed by atoms with Crippen LogP contribution in [0.15, 0.2) is 27.4 Å². The van der Waals surface area contributed by atoms with Crippen molar-refractivity contribution in [2.75, 3.05) is 0 Å². The third-order valence-electron chi connectivity index (χ3n) is 2.81. The number of benzene rings is 2. The van der Waals surface area contributed by atoms with E-state index in [4.69, 9.17) is 39.2 Å². The first kappa shape index (κ1) is 14.1. The molecule has 9 heteroatoms. The third-order valence-corrected chi connectivity index (χ3v) is 3.98. The first-order chi connectivity index (χ1) is 9.90. The molecule has 0 aromatic heterocycles. The molecule has 0 bridgehead atoms. The fraction of sp³-hybridized carbons (Fsp3) is 0. The number of nitro groups is 1. The summed E-state index contributed by atoms with van der Waals surface area (Å²) in [5.41, 5.74) is -0.322. The van der Waals surface area contributed by atoms with E-state index in [1.807, 2.05) is 0 Å². The van der Waals surface area contributed by atoms with Crippen molar-refractivity contribution in [2.24, 2.45) is 0 Å². The van der Waals surface area contributed by atoms with E-state index >= 15 is 0 Å². The maximum Gasteiger partial charge on any atom is 0.271 e. The molecule has 0 amide bonds. The Balaban J connectivity index is 2.47. The van der Waals surface area contributed by atoms with E-state index in [9.17, 15) is 14.9 Å². The van der Waals surface area contributed by atoms with Gasteiger partial charge in [0, 0.05) is 12.1 Å². The summed E-state index contributed by atoms with van der Waals surface area (Å²) in [5.74, 6) is -0.0163. The lowest BCUT2D eigenvalue weighted by Crippen LogP contribution is -2.07. The number of aromatic nitrogens is 1. The molecule has 0 radical (unpaired) electrons. The molecule has 21 heavy (non-hydrogen) atoms. The van der Waals surface area contributed by atoms with Crippen molar-refractivity contribution < 1.29 is 9.34 Å². The Morgan fingerprint density at radius 2 is 1.86 bits per heavy atom. The normalized spacial score (nSPS) is 11.2. The number of halogens is 3. The minimum absolute atomic E-state index is 0.0163. The summed E-state index contributed by atoms with van der Waals surface area (Å²) in [4.78, 5) is 26.1. The number of non-ortho nitro benzene ring substituents is 1. The molecule has 1 aromatic rings. The zero-order valence-corrected chi connectivity index (χ0v) is 12.2. The summed E-state index contributed by atoms with van der Waals surface area (Å²) >= 11 is 17.6. The molecule has 0 spiro atoms. The van der Waals surface area contributed by atoms with Gasteiger partial charge < -0.3 is 4.42 Å². The standard InChI is InChI=1S/C12H3Cl3N2O4/c13-7-8(14)11(18)9(15)12-10(7)16-5-3-4(17(19)20)1-2-6(5)21-12/h1-3H. The van der Waals surface area contributed by atoms with Crippen LogP contribution in [0.3, 0.4) is 0 Å². The smallest absolute Gasteiger partial charge is 0.271 e. The van der Waals surface area contributed by atoms with Crippen LogP contribution in [0.25, 0.3) is 22.6 Å². The van der Waals surface area contributed by atoms with Crippen LogP contribution in [-0.2, 0) is 0 Å². The number of hydrogen-bond acceptors (Lipinski definition) is 5. The van der Waals surface area contributed by atoms with Crippen LogP contribution in [0, 0.1) is 10.1 Å². The van der Waals surface area contributed by atoms with E-state index in [0.717, 1.165) is 0 Å². The van der Waals surface area contributed by atoms with Crippen molar-refractivity contribution >= 4 is 51.6 Å². The van der Waals surface area contributed by atoms with Gasteiger partial charge in [0.2, 0.25) is 5.43 Å². The van der Waals surface area contributed by atoms with Crippen LogP contribution < -0.4 is 5.43 Å². The monoisotopic (exact) mass is 344 g/mol. The summed E-state index contributed by atoms with van der Waals surface area (Å²) in [5, 5.41) is 10.1. The maximum atomic E-state index is 11.8. The van der Waals surface area contributed by atoms with Crippen LogP contribution in [0.1, 0.15) is 0 Å². The van der Waals surface area contributed by atoms with Gasteiger partial charge in [0.05, 0.1) is 9.95 Å². The number of hydrogen-bond donors (Lipinski definition) is 0. The van der Waals surface area contributed by atoms with E-state index in [2.05, 4.69) is 4.98 Å². The predicted molar refractivity (Wildman–Crippen MR) is 78.6 cm³/mol. The molecule has 106 valence electrons. The lowest BCUT2D eigenvalue weighted by Gasteiger charge is -2.10. The fourth-order valence-electron chi connectivity index (χ4n) is 1.82. The van der Waals surface area contributed by atoms with Gasteiger partial charge in [0.25, 0.3) is 5.69 Å². The van der Waals surface area contributed by atoms with Gasteiger partial charge in [-0.2, -0.15) is 0 Å². The highest BCUT2D eigenvalue weighted by Crippen LogP contribution is 2.38. The first-order valence-electron chi connectivity index (χ1n) is 5.45. The average molecular weight is 346 g/mol. The Labute approximate surface area is 131 Å². The van der Waals surface area contributed by atoms with Gasteiger partial charge in [-0.1, -0.05) is 34.8 Å². The number of nitrogens with zero attached hydrogens (tertiary/aromatic N) is 2. The molecule has 3 rings (SSSR count).